The molecule has 8 heteroatoms. The van der Waals surface area contributed by atoms with Gasteiger partial charge in [0.15, 0.2) is 0 Å². The number of carbonyl (C=O) groups excluding carboxylic acids is 2. The maximum absolute atomic E-state index is 11.4. The van der Waals surface area contributed by atoms with Gasteiger partial charge >= 0.3 is 0 Å². The summed E-state index contributed by atoms with van der Waals surface area (Å²) in [6.07, 6.45) is 1.62. The van der Waals surface area contributed by atoms with Gasteiger partial charge in [0.1, 0.15) is 6.54 Å². The van der Waals surface area contributed by atoms with Gasteiger partial charge in [-0.25, -0.2) is 4.68 Å². The molecule has 17 heavy (non-hydrogen) atoms. The lowest BCUT2D eigenvalue weighted by Crippen LogP contribution is -2.35. The normalized spacial score (nSPS) is 10.0. The maximum atomic E-state index is 11.4. The fraction of sp³-hybridized carbons (Fsp3) is 0.556. The third kappa shape index (κ3) is 5.07. The second-order valence-corrected chi connectivity index (χ2v) is 3.44. The third-order valence-corrected chi connectivity index (χ3v) is 1.92. The molecule has 0 saturated carbocycles. The van der Waals surface area contributed by atoms with E-state index < -0.39 is 0 Å². The molecule has 0 unspecified atom stereocenters. The van der Waals surface area contributed by atoms with Gasteiger partial charge in [0.2, 0.25) is 11.8 Å². The number of amides is 2. The topological polar surface area (TPSA) is 115 Å². The first-order chi connectivity index (χ1) is 8.11. The molecule has 1 aromatic heterocycles. The van der Waals surface area contributed by atoms with Crippen LogP contribution in [-0.4, -0.2) is 39.9 Å². The molecule has 0 fully saturated rings. The molecule has 0 atom stereocenters. The number of nitrogens with zero attached hydrogens (tertiary/aromatic N) is 3. The van der Waals surface area contributed by atoms with Crippen molar-refractivity contribution >= 4 is 11.8 Å². The van der Waals surface area contributed by atoms with Crippen LogP contribution in [0.1, 0.15) is 12.6 Å². The van der Waals surface area contributed by atoms with E-state index in [4.69, 9.17) is 5.73 Å². The molecule has 0 saturated heterocycles. The average Bonchev–Trinajstić information content (AvgIpc) is 2.72. The van der Waals surface area contributed by atoms with Gasteiger partial charge in [-0.15, -0.1) is 5.10 Å². The number of carbonyl (C=O) groups is 2. The van der Waals surface area contributed by atoms with E-state index in [1.807, 2.05) is 0 Å². The molecule has 1 rings (SSSR count). The molecule has 0 aliphatic carbocycles. The smallest absolute Gasteiger partial charge is 0.241 e. The van der Waals surface area contributed by atoms with Gasteiger partial charge in [-0.2, -0.15) is 0 Å². The Balaban J connectivity index is 2.22. The summed E-state index contributed by atoms with van der Waals surface area (Å²) >= 11 is 0. The van der Waals surface area contributed by atoms with Crippen LogP contribution < -0.4 is 16.4 Å². The summed E-state index contributed by atoms with van der Waals surface area (Å²) in [6.45, 7) is 2.60. The molecule has 4 N–H and O–H groups in total. The molecule has 0 aliphatic rings. The summed E-state index contributed by atoms with van der Waals surface area (Å²) in [6, 6.07) is 0. The molecule has 0 bridgehead atoms. The zero-order valence-electron chi connectivity index (χ0n) is 9.64. The minimum absolute atomic E-state index is 0.0903. The first kappa shape index (κ1) is 13.1. The SMILES string of the molecule is CC(=O)NCCNC(=O)Cn1cc(CN)nn1. The van der Waals surface area contributed by atoms with Crippen LogP contribution >= 0.6 is 0 Å². The van der Waals surface area contributed by atoms with Gasteiger partial charge in [0, 0.05) is 26.6 Å². The van der Waals surface area contributed by atoms with E-state index in [1.54, 1.807) is 6.20 Å². The van der Waals surface area contributed by atoms with E-state index >= 15 is 0 Å². The van der Waals surface area contributed by atoms with Gasteiger partial charge in [-0.1, -0.05) is 5.21 Å². The Labute approximate surface area is 98.5 Å². The molecular formula is C9H16N6O2. The van der Waals surface area contributed by atoms with E-state index in [2.05, 4.69) is 20.9 Å². The Hall–Kier alpha value is -1.96. The Bertz CT molecular complexity index is 389. The summed E-state index contributed by atoms with van der Waals surface area (Å²) in [5, 5.41) is 12.7. The minimum atomic E-state index is -0.191. The van der Waals surface area contributed by atoms with Crippen molar-refractivity contribution in [1.29, 1.82) is 0 Å². The Morgan fingerprint density at radius 2 is 2.12 bits per heavy atom. The van der Waals surface area contributed by atoms with Crippen LogP contribution in [0, 0.1) is 0 Å². The fourth-order valence-corrected chi connectivity index (χ4v) is 1.15. The van der Waals surface area contributed by atoms with Crippen LogP contribution in [0.3, 0.4) is 0 Å². The molecule has 94 valence electrons. The van der Waals surface area contributed by atoms with Crippen LogP contribution in [0.4, 0.5) is 0 Å². The molecule has 0 radical (unpaired) electrons. The van der Waals surface area contributed by atoms with Gasteiger partial charge in [-0.3, -0.25) is 9.59 Å². The third-order valence-electron chi connectivity index (χ3n) is 1.92. The second-order valence-electron chi connectivity index (χ2n) is 3.44. The number of nitrogens with one attached hydrogen (secondary N) is 2. The molecular weight excluding hydrogens is 224 g/mol. The molecule has 8 nitrogen and oxygen atoms in total. The number of rotatable bonds is 6. The van der Waals surface area contributed by atoms with Gasteiger partial charge < -0.3 is 16.4 Å². The van der Waals surface area contributed by atoms with Crippen molar-refractivity contribution < 1.29 is 9.59 Å². The zero-order valence-corrected chi connectivity index (χ0v) is 9.64. The minimum Gasteiger partial charge on any atom is -0.355 e. The first-order valence-corrected chi connectivity index (χ1v) is 5.22. The van der Waals surface area contributed by atoms with Crippen molar-refractivity contribution in [1.82, 2.24) is 25.6 Å². The average molecular weight is 240 g/mol. The molecule has 0 aliphatic heterocycles. The Kier molecular flexibility index (Phi) is 5.08. The highest BCUT2D eigenvalue weighted by Crippen LogP contribution is 1.90. The van der Waals surface area contributed by atoms with Crippen LogP contribution in [-0.2, 0) is 22.7 Å². The molecule has 2 amide bonds. The quantitative estimate of drug-likeness (QED) is 0.497. The molecule has 1 aromatic rings. The summed E-state index contributed by atoms with van der Waals surface area (Å²) in [4.78, 5) is 22.0. The van der Waals surface area contributed by atoms with E-state index in [1.165, 1.54) is 11.6 Å². The molecule has 0 aromatic carbocycles. The number of nitrogens with two attached hydrogens (primary N) is 1. The van der Waals surface area contributed by atoms with Crippen LogP contribution in [0.2, 0.25) is 0 Å². The van der Waals surface area contributed by atoms with Gasteiger partial charge in [0.25, 0.3) is 0 Å². The lowest BCUT2D eigenvalue weighted by atomic mass is 10.5. The van der Waals surface area contributed by atoms with Gasteiger partial charge in [0.05, 0.1) is 11.9 Å². The number of aromatic nitrogens is 3. The van der Waals surface area contributed by atoms with Gasteiger partial charge in [-0.05, 0) is 0 Å². The van der Waals surface area contributed by atoms with E-state index in [0.29, 0.717) is 25.3 Å². The van der Waals surface area contributed by atoms with Crippen molar-refractivity contribution in [2.45, 2.75) is 20.0 Å². The predicted octanol–water partition coefficient (Wildman–Crippen LogP) is -2.01. The standard InChI is InChI=1S/C9H16N6O2/c1-7(16)11-2-3-12-9(17)6-15-5-8(4-10)13-14-15/h5H,2-4,6,10H2,1H3,(H,11,16)(H,12,17). The summed E-state index contributed by atoms with van der Waals surface area (Å²) < 4.78 is 1.41. The number of hydrogen-bond acceptors (Lipinski definition) is 5. The predicted molar refractivity (Wildman–Crippen MR) is 59.6 cm³/mol. The summed E-state index contributed by atoms with van der Waals surface area (Å²) in [5.74, 6) is -0.313. The summed E-state index contributed by atoms with van der Waals surface area (Å²) in [5.41, 5.74) is 6.00. The van der Waals surface area contributed by atoms with Crippen LogP contribution in [0.15, 0.2) is 6.20 Å². The maximum Gasteiger partial charge on any atom is 0.241 e. The van der Waals surface area contributed by atoms with Crippen molar-refractivity contribution in [3.8, 4) is 0 Å². The first-order valence-electron chi connectivity index (χ1n) is 5.22. The Morgan fingerprint density at radius 3 is 2.71 bits per heavy atom. The molecule has 0 spiro atoms. The largest absolute Gasteiger partial charge is 0.355 e. The van der Waals surface area contributed by atoms with Crippen molar-refractivity contribution in [2.24, 2.45) is 5.73 Å². The lowest BCUT2D eigenvalue weighted by molar-refractivity contribution is -0.122. The van der Waals surface area contributed by atoms with Crippen molar-refractivity contribution in [3.05, 3.63) is 11.9 Å². The molecule has 1 heterocycles. The van der Waals surface area contributed by atoms with Crippen molar-refractivity contribution in [3.63, 3.8) is 0 Å². The zero-order chi connectivity index (χ0) is 12.7. The highest BCUT2D eigenvalue weighted by molar-refractivity contribution is 5.76. The number of hydrogen-bond donors (Lipinski definition) is 3. The summed E-state index contributed by atoms with van der Waals surface area (Å²) in [7, 11) is 0. The fourth-order valence-electron chi connectivity index (χ4n) is 1.15. The monoisotopic (exact) mass is 240 g/mol. The second kappa shape index (κ2) is 6.59. The highest BCUT2D eigenvalue weighted by atomic mass is 16.2. The van der Waals surface area contributed by atoms with E-state index in [-0.39, 0.29) is 18.4 Å². The van der Waals surface area contributed by atoms with Crippen LogP contribution in [0.5, 0.6) is 0 Å². The van der Waals surface area contributed by atoms with Crippen molar-refractivity contribution in [2.75, 3.05) is 13.1 Å². The Morgan fingerprint density at radius 1 is 1.41 bits per heavy atom. The van der Waals surface area contributed by atoms with E-state index in [0.717, 1.165) is 0 Å². The lowest BCUT2D eigenvalue weighted by Gasteiger charge is -2.05. The van der Waals surface area contributed by atoms with E-state index in [9.17, 15) is 9.59 Å². The highest BCUT2D eigenvalue weighted by Gasteiger charge is 2.04. The van der Waals surface area contributed by atoms with Crippen LogP contribution in [0.25, 0.3) is 0 Å².